The third kappa shape index (κ3) is 5.73. The van der Waals surface area contributed by atoms with Crippen LogP contribution in [0.5, 0.6) is 0 Å². The van der Waals surface area contributed by atoms with E-state index in [2.05, 4.69) is 14.9 Å². The van der Waals surface area contributed by atoms with E-state index in [-0.39, 0.29) is 42.7 Å². The molecule has 1 N–H and O–H groups in total. The molecular weight excluding hydrogens is 584 g/mol. The average molecular weight is 615 g/mol. The standard InChI is InChI=1S/C24H31ClN6O5S3/c1-28(2)38(33,34)11-7-18-14-30(39(35,36)22-13-16-12-17(25)4-5-19(16)26-22)9-10-31(18)24(32)23-27-20-6-8-29(3)15-21(20)37-23/h4-5,12-13,18,26H,6-11,14-15H2,1-3H3. The van der Waals surface area contributed by atoms with E-state index in [0.29, 0.717) is 20.9 Å². The molecule has 1 saturated heterocycles. The fraction of sp³-hybridized carbons (Fsp3) is 0.500. The highest BCUT2D eigenvalue weighted by molar-refractivity contribution is 7.89. The van der Waals surface area contributed by atoms with Crippen molar-refractivity contribution in [3.05, 3.63) is 44.9 Å². The predicted molar refractivity (Wildman–Crippen MR) is 151 cm³/mol. The second-order valence-corrected chi connectivity index (χ2v) is 15.9. The number of sulfonamides is 2. The summed E-state index contributed by atoms with van der Waals surface area (Å²) in [7, 11) is -2.57. The first-order chi connectivity index (χ1) is 18.3. The number of aromatic nitrogens is 2. The summed E-state index contributed by atoms with van der Waals surface area (Å²) in [6.45, 7) is 1.77. The van der Waals surface area contributed by atoms with Crippen LogP contribution in [0.3, 0.4) is 0 Å². The van der Waals surface area contributed by atoms with Crippen LogP contribution in [0.4, 0.5) is 0 Å². The van der Waals surface area contributed by atoms with Crippen molar-refractivity contribution in [2.45, 2.75) is 30.5 Å². The quantitative estimate of drug-likeness (QED) is 0.432. The van der Waals surface area contributed by atoms with E-state index in [1.807, 2.05) is 7.05 Å². The number of carbonyl (C=O) groups is 1. The zero-order chi connectivity index (χ0) is 28.1. The van der Waals surface area contributed by atoms with Gasteiger partial charge in [-0.15, -0.1) is 11.3 Å². The number of H-pyrrole nitrogens is 1. The molecule has 1 fully saturated rings. The largest absolute Gasteiger partial charge is 0.345 e. The number of nitrogens with one attached hydrogen (secondary N) is 1. The molecule has 4 heterocycles. The lowest BCUT2D eigenvalue weighted by Crippen LogP contribution is -2.57. The Bertz CT molecular complexity index is 1620. The second-order valence-electron chi connectivity index (χ2n) is 10.1. The summed E-state index contributed by atoms with van der Waals surface area (Å²) in [5.41, 5.74) is 1.56. The molecule has 15 heteroatoms. The molecule has 5 rings (SSSR count). The fourth-order valence-corrected chi connectivity index (χ4v) is 8.66. The van der Waals surface area contributed by atoms with Gasteiger partial charge in [0.2, 0.25) is 10.0 Å². The molecule has 1 unspecified atom stereocenters. The van der Waals surface area contributed by atoms with Crippen LogP contribution in [0.2, 0.25) is 5.02 Å². The van der Waals surface area contributed by atoms with Gasteiger partial charge in [0.1, 0.15) is 5.03 Å². The molecule has 0 saturated carbocycles. The topological polar surface area (TPSA) is 127 Å². The lowest BCUT2D eigenvalue weighted by molar-refractivity contribution is 0.0558. The van der Waals surface area contributed by atoms with Crippen LogP contribution in [-0.4, -0.2) is 110 Å². The maximum absolute atomic E-state index is 13.7. The monoisotopic (exact) mass is 614 g/mol. The molecule has 0 aliphatic carbocycles. The number of carbonyl (C=O) groups excluding carboxylic acids is 1. The van der Waals surface area contributed by atoms with E-state index in [1.54, 1.807) is 23.1 Å². The number of fused-ring (bicyclic) bond motifs is 2. The summed E-state index contributed by atoms with van der Waals surface area (Å²) in [6, 6.07) is 5.97. The Labute approximate surface area is 237 Å². The number of halogens is 1. The van der Waals surface area contributed by atoms with E-state index < -0.39 is 26.1 Å². The molecule has 3 aromatic rings. The van der Waals surface area contributed by atoms with Gasteiger partial charge in [0.25, 0.3) is 15.9 Å². The van der Waals surface area contributed by atoms with Gasteiger partial charge in [-0.1, -0.05) is 11.6 Å². The molecule has 2 aliphatic rings. The highest BCUT2D eigenvalue weighted by Crippen LogP contribution is 2.29. The van der Waals surface area contributed by atoms with E-state index in [0.717, 1.165) is 34.4 Å². The van der Waals surface area contributed by atoms with Crippen molar-refractivity contribution in [1.82, 2.24) is 28.4 Å². The Balaban J connectivity index is 1.42. The molecule has 11 nitrogen and oxygen atoms in total. The second kappa shape index (κ2) is 10.7. The van der Waals surface area contributed by atoms with Crippen molar-refractivity contribution in [2.24, 2.45) is 0 Å². The van der Waals surface area contributed by atoms with Crippen molar-refractivity contribution >= 4 is 59.8 Å². The van der Waals surface area contributed by atoms with Crippen molar-refractivity contribution in [2.75, 3.05) is 53.1 Å². The minimum Gasteiger partial charge on any atom is -0.345 e. The number of nitrogens with zero attached hydrogens (tertiary/aromatic N) is 5. The Morgan fingerprint density at radius 3 is 2.69 bits per heavy atom. The molecule has 2 aliphatic heterocycles. The normalized spacial score (nSPS) is 19.6. The zero-order valence-electron chi connectivity index (χ0n) is 21.9. The molecule has 1 amide bonds. The molecule has 1 aromatic carbocycles. The van der Waals surface area contributed by atoms with Crippen LogP contribution in [0, 0.1) is 0 Å². The molecule has 212 valence electrons. The zero-order valence-corrected chi connectivity index (χ0v) is 25.1. The van der Waals surface area contributed by atoms with Crippen LogP contribution >= 0.6 is 22.9 Å². The predicted octanol–water partition coefficient (Wildman–Crippen LogP) is 2.06. The third-order valence-electron chi connectivity index (χ3n) is 7.25. The number of rotatable bonds is 7. The molecule has 0 radical (unpaired) electrons. The summed E-state index contributed by atoms with van der Waals surface area (Å²) in [6.07, 6.45) is 0.857. The van der Waals surface area contributed by atoms with Crippen LogP contribution < -0.4 is 0 Å². The first kappa shape index (κ1) is 28.5. The Morgan fingerprint density at radius 2 is 1.95 bits per heavy atom. The number of hydrogen-bond donors (Lipinski definition) is 1. The lowest BCUT2D eigenvalue weighted by Gasteiger charge is -2.40. The Kier molecular flexibility index (Phi) is 7.83. The summed E-state index contributed by atoms with van der Waals surface area (Å²) < 4.78 is 54.8. The van der Waals surface area contributed by atoms with Gasteiger partial charge in [-0.3, -0.25) is 4.79 Å². The molecular formula is C24H31ClN6O5S3. The minimum absolute atomic E-state index is 0.0240. The van der Waals surface area contributed by atoms with Crippen LogP contribution in [0.1, 0.15) is 26.8 Å². The number of hydrogen-bond acceptors (Lipinski definition) is 8. The fourth-order valence-electron chi connectivity index (χ4n) is 4.92. The summed E-state index contributed by atoms with van der Waals surface area (Å²) in [5.74, 6) is -0.506. The molecule has 0 bridgehead atoms. The van der Waals surface area contributed by atoms with Crippen LogP contribution in [0.25, 0.3) is 10.9 Å². The first-order valence-electron chi connectivity index (χ1n) is 12.5. The first-order valence-corrected chi connectivity index (χ1v) is 16.8. The number of likely N-dealkylation sites (N-methyl/N-ethyl adjacent to an activating group) is 1. The maximum atomic E-state index is 13.7. The minimum atomic E-state index is -3.94. The number of aromatic amines is 1. The van der Waals surface area contributed by atoms with Gasteiger partial charge in [-0.05, 0) is 37.7 Å². The van der Waals surface area contributed by atoms with Crippen LogP contribution in [-0.2, 0) is 33.0 Å². The molecule has 0 spiro atoms. The maximum Gasteiger partial charge on any atom is 0.283 e. The molecule has 2 aromatic heterocycles. The summed E-state index contributed by atoms with van der Waals surface area (Å²) in [4.78, 5) is 26.0. The van der Waals surface area contributed by atoms with Crippen LogP contribution in [0.15, 0.2) is 29.3 Å². The smallest absolute Gasteiger partial charge is 0.283 e. The average Bonchev–Trinajstić information content (AvgIpc) is 3.51. The summed E-state index contributed by atoms with van der Waals surface area (Å²) >= 11 is 7.43. The number of thiazole rings is 1. The van der Waals surface area contributed by atoms with Crippen molar-refractivity contribution in [3.8, 4) is 0 Å². The van der Waals surface area contributed by atoms with E-state index in [4.69, 9.17) is 11.6 Å². The number of piperazine rings is 1. The van der Waals surface area contributed by atoms with Gasteiger partial charge in [-0.25, -0.2) is 26.1 Å². The van der Waals surface area contributed by atoms with E-state index in [9.17, 15) is 21.6 Å². The highest BCUT2D eigenvalue weighted by atomic mass is 35.5. The van der Waals surface area contributed by atoms with Crippen molar-refractivity contribution < 1.29 is 21.6 Å². The number of amides is 1. The number of benzene rings is 1. The third-order valence-corrected chi connectivity index (χ3v) is 12.2. The van der Waals surface area contributed by atoms with E-state index >= 15 is 0 Å². The van der Waals surface area contributed by atoms with Gasteiger partial charge in [0.05, 0.1) is 11.4 Å². The van der Waals surface area contributed by atoms with Gasteiger partial charge < -0.3 is 14.8 Å². The van der Waals surface area contributed by atoms with Crippen molar-refractivity contribution in [1.29, 1.82) is 0 Å². The van der Waals surface area contributed by atoms with Gasteiger partial charge >= 0.3 is 0 Å². The van der Waals surface area contributed by atoms with E-state index in [1.165, 1.54) is 35.8 Å². The SMILES string of the molecule is CN1CCc2nc(C(=O)N3CCN(S(=O)(=O)c4cc5cc(Cl)ccc5[nH]4)CC3CCS(=O)(=O)N(C)C)sc2C1. The van der Waals surface area contributed by atoms with Crippen molar-refractivity contribution in [3.63, 3.8) is 0 Å². The molecule has 39 heavy (non-hydrogen) atoms. The summed E-state index contributed by atoms with van der Waals surface area (Å²) in [5, 5.41) is 1.55. The Morgan fingerprint density at radius 1 is 1.18 bits per heavy atom. The molecule has 1 atom stereocenters. The van der Waals surface area contributed by atoms with Gasteiger partial charge in [0, 0.05) is 80.1 Å². The highest BCUT2D eigenvalue weighted by Gasteiger charge is 2.39. The Hall–Kier alpha value is -2.07. The van der Waals surface area contributed by atoms with Gasteiger partial charge in [-0.2, -0.15) is 4.31 Å². The lowest BCUT2D eigenvalue weighted by atomic mass is 10.1. The van der Waals surface area contributed by atoms with Gasteiger partial charge in [0.15, 0.2) is 5.01 Å².